The maximum Gasteiger partial charge on any atom is 0.127 e. The van der Waals surface area contributed by atoms with Gasteiger partial charge in [0.15, 0.2) is 0 Å². The van der Waals surface area contributed by atoms with Crippen LogP contribution in [0.1, 0.15) is 12.0 Å². The summed E-state index contributed by atoms with van der Waals surface area (Å²) in [7, 11) is 0. The number of benzene rings is 1. The van der Waals surface area contributed by atoms with Crippen LogP contribution in [0, 0.1) is 11.7 Å². The molecule has 0 amide bonds. The third-order valence-corrected chi connectivity index (χ3v) is 3.19. The van der Waals surface area contributed by atoms with Gasteiger partial charge in [0.05, 0.1) is 12.7 Å². The Morgan fingerprint density at radius 3 is 3.00 bits per heavy atom. The Morgan fingerprint density at radius 1 is 1.56 bits per heavy atom. The Kier molecular flexibility index (Phi) is 3.79. The van der Waals surface area contributed by atoms with Crippen LogP contribution in [0.25, 0.3) is 0 Å². The first-order valence-electron chi connectivity index (χ1n) is 5.36. The highest BCUT2D eigenvalue weighted by Crippen LogP contribution is 2.22. The summed E-state index contributed by atoms with van der Waals surface area (Å²) in [5.41, 5.74) is 0.504. The average molecular weight is 245 g/mol. The number of ether oxygens (including phenoxy) is 1. The van der Waals surface area contributed by atoms with Crippen LogP contribution < -0.4 is 0 Å². The summed E-state index contributed by atoms with van der Waals surface area (Å²) in [6, 6.07) is 4.53. The van der Waals surface area contributed by atoms with Crippen LogP contribution in [-0.4, -0.2) is 24.4 Å². The third-order valence-electron chi connectivity index (χ3n) is 2.95. The lowest BCUT2D eigenvalue weighted by Crippen LogP contribution is -2.23. The average Bonchev–Trinajstić information content (AvgIpc) is 2.75. The smallest absolute Gasteiger partial charge is 0.127 e. The molecule has 1 fully saturated rings. The van der Waals surface area contributed by atoms with Crippen LogP contribution >= 0.6 is 11.6 Å². The van der Waals surface area contributed by atoms with E-state index in [4.69, 9.17) is 16.3 Å². The second kappa shape index (κ2) is 5.13. The lowest BCUT2D eigenvalue weighted by atomic mass is 9.95. The molecule has 0 radical (unpaired) electrons. The molecule has 0 spiro atoms. The number of hydrogen-bond acceptors (Lipinski definition) is 2. The van der Waals surface area contributed by atoms with Gasteiger partial charge in [0, 0.05) is 24.0 Å². The van der Waals surface area contributed by atoms with Gasteiger partial charge in [-0.3, -0.25) is 0 Å². The summed E-state index contributed by atoms with van der Waals surface area (Å²) in [4.78, 5) is 0. The zero-order valence-electron chi connectivity index (χ0n) is 8.83. The van der Waals surface area contributed by atoms with E-state index in [2.05, 4.69) is 0 Å². The molecule has 1 aromatic carbocycles. The van der Waals surface area contributed by atoms with E-state index in [1.165, 1.54) is 6.07 Å². The van der Waals surface area contributed by atoms with E-state index in [1.54, 1.807) is 12.1 Å². The standard InChI is InChI=1S/C12H14ClFO2/c13-10-2-1-8(11(14)6-10)5-12(15)9-3-4-16-7-9/h1-2,6,9,12,15H,3-5,7H2. The van der Waals surface area contributed by atoms with Crippen LogP contribution in [0.5, 0.6) is 0 Å². The molecular weight excluding hydrogens is 231 g/mol. The molecule has 16 heavy (non-hydrogen) atoms. The van der Waals surface area contributed by atoms with Crippen molar-refractivity contribution in [3.8, 4) is 0 Å². The largest absolute Gasteiger partial charge is 0.392 e. The number of aliphatic hydroxyl groups is 1. The summed E-state index contributed by atoms with van der Waals surface area (Å²) in [5, 5.41) is 10.3. The Morgan fingerprint density at radius 2 is 2.38 bits per heavy atom. The van der Waals surface area contributed by atoms with E-state index in [0.717, 1.165) is 6.42 Å². The van der Waals surface area contributed by atoms with Gasteiger partial charge >= 0.3 is 0 Å². The highest BCUT2D eigenvalue weighted by molar-refractivity contribution is 6.30. The molecule has 0 saturated carbocycles. The van der Waals surface area contributed by atoms with Gasteiger partial charge < -0.3 is 9.84 Å². The quantitative estimate of drug-likeness (QED) is 0.885. The molecule has 2 rings (SSSR count). The van der Waals surface area contributed by atoms with Crippen LogP contribution in [0.4, 0.5) is 4.39 Å². The van der Waals surface area contributed by atoms with Crippen molar-refractivity contribution >= 4 is 11.6 Å². The molecule has 0 aliphatic carbocycles. The van der Waals surface area contributed by atoms with Crippen molar-refractivity contribution in [2.24, 2.45) is 5.92 Å². The maximum atomic E-state index is 13.5. The van der Waals surface area contributed by atoms with Crippen molar-refractivity contribution in [3.05, 3.63) is 34.6 Å². The topological polar surface area (TPSA) is 29.5 Å². The molecule has 1 N–H and O–H groups in total. The van der Waals surface area contributed by atoms with Crippen molar-refractivity contribution in [3.63, 3.8) is 0 Å². The van der Waals surface area contributed by atoms with Gasteiger partial charge in [-0.05, 0) is 24.1 Å². The number of hydrogen-bond donors (Lipinski definition) is 1. The minimum absolute atomic E-state index is 0.120. The Balaban J connectivity index is 2.02. The predicted molar refractivity (Wildman–Crippen MR) is 60.0 cm³/mol. The highest BCUT2D eigenvalue weighted by Gasteiger charge is 2.24. The fraction of sp³-hybridized carbons (Fsp3) is 0.500. The Bertz CT molecular complexity index is 364. The normalized spacial score (nSPS) is 22.3. The van der Waals surface area contributed by atoms with Crippen LogP contribution in [0.3, 0.4) is 0 Å². The van der Waals surface area contributed by atoms with Crippen LogP contribution in [-0.2, 0) is 11.2 Å². The predicted octanol–water partition coefficient (Wildman–Crippen LogP) is 2.42. The van der Waals surface area contributed by atoms with Crippen molar-refractivity contribution in [1.29, 1.82) is 0 Å². The summed E-state index contributed by atoms with van der Waals surface area (Å²) < 4.78 is 18.7. The van der Waals surface area contributed by atoms with Crippen molar-refractivity contribution in [2.75, 3.05) is 13.2 Å². The molecule has 1 aromatic rings. The van der Waals surface area contributed by atoms with Gasteiger partial charge in [-0.15, -0.1) is 0 Å². The molecule has 1 saturated heterocycles. The molecule has 2 unspecified atom stereocenters. The second-order valence-corrected chi connectivity index (χ2v) is 4.57. The van der Waals surface area contributed by atoms with E-state index in [-0.39, 0.29) is 11.7 Å². The third kappa shape index (κ3) is 2.73. The number of rotatable bonds is 3. The lowest BCUT2D eigenvalue weighted by Gasteiger charge is -2.16. The monoisotopic (exact) mass is 244 g/mol. The van der Waals surface area contributed by atoms with E-state index >= 15 is 0 Å². The highest BCUT2D eigenvalue weighted by atomic mass is 35.5. The maximum absolute atomic E-state index is 13.5. The van der Waals surface area contributed by atoms with E-state index in [9.17, 15) is 9.50 Å². The van der Waals surface area contributed by atoms with E-state index in [0.29, 0.717) is 30.2 Å². The first kappa shape index (κ1) is 11.8. The number of aliphatic hydroxyl groups excluding tert-OH is 1. The van der Waals surface area contributed by atoms with Gasteiger partial charge in [0.25, 0.3) is 0 Å². The molecular formula is C12H14ClFO2. The van der Waals surface area contributed by atoms with Gasteiger partial charge in [-0.1, -0.05) is 17.7 Å². The van der Waals surface area contributed by atoms with E-state index < -0.39 is 6.10 Å². The van der Waals surface area contributed by atoms with Crippen LogP contribution in [0.15, 0.2) is 18.2 Å². The first-order chi connectivity index (χ1) is 7.66. The number of halogens is 2. The molecule has 4 heteroatoms. The fourth-order valence-electron chi connectivity index (χ4n) is 1.94. The second-order valence-electron chi connectivity index (χ2n) is 4.13. The molecule has 0 aromatic heterocycles. The van der Waals surface area contributed by atoms with Gasteiger partial charge in [0.1, 0.15) is 5.82 Å². The van der Waals surface area contributed by atoms with E-state index in [1.807, 2.05) is 0 Å². The molecule has 0 bridgehead atoms. The van der Waals surface area contributed by atoms with Gasteiger partial charge in [-0.25, -0.2) is 4.39 Å². The molecule has 88 valence electrons. The summed E-state index contributed by atoms with van der Waals surface area (Å²) >= 11 is 5.66. The molecule has 1 heterocycles. The molecule has 2 atom stereocenters. The van der Waals surface area contributed by atoms with Crippen molar-refractivity contribution in [2.45, 2.75) is 18.9 Å². The Hall–Kier alpha value is -0.640. The van der Waals surface area contributed by atoms with Crippen molar-refractivity contribution in [1.82, 2.24) is 0 Å². The summed E-state index contributed by atoms with van der Waals surface area (Å²) in [6.45, 7) is 1.25. The van der Waals surface area contributed by atoms with Gasteiger partial charge in [0.2, 0.25) is 0 Å². The van der Waals surface area contributed by atoms with Gasteiger partial charge in [-0.2, -0.15) is 0 Å². The first-order valence-corrected chi connectivity index (χ1v) is 5.74. The van der Waals surface area contributed by atoms with Crippen molar-refractivity contribution < 1.29 is 14.2 Å². The minimum Gasteiger partial charge on any atom is -0.392 e. The Labute approximate surface area is 99.0 Å². The zero-order chi connectivity index (χ0) is 11.5. The SMILES string of the molecule is OC(Cc1ccc(Cl)cc1F)C1CCOC1. The summed E-state index contributed by atoms with van der Waals surface area (Å²) in [6.07, 6.45) is 0.617. The lowest BCUT2D eigenvalue weighted by molar-refractivity contribution is 0.0912. The molecule has 1 aliphatic heterocycles. The minimum atomic E-state index is -0.543. The zero-order valence-corrected chi connectivity index (χ0v) is 9.58. The molecule has 1 aliphatic rings. The van der Waals surface area contributed by atoms with Crippen LogP contribution in [0.2, 0.25) is 5.02 Å². The fourth-order valence-corrected chi connectivity index (χ4v) is 2.09. The summed E-state index contributed by atoms with van der Waals surface area (Å²) in [5.74, 6) is -0.236. The molecule has 2 nitrogen and oxygen atoms in total.